The van der Waals surface area contributed by atoms with Gasteiger partial charge in [-0.15, -0.1) is 0 Å². The number of rotatable bonds is 8. The van der Waals surface area contributed by atoms with Gasteiger partial charge in [-0.05, 0) is 31.2 Å². The number of methoxy groups -OCH3 is 1. The second-order valence-electron chi connectivity index (χ2n) is 5.11. The van der Waals surface area contributed by atoms with E-state index < -0.39 is 10.0 Å². The predicted molar refractivity (Wildman–Crippen MR) is 89.4 cm³/mol. The van der Waals surface area contributed by atoms with Crippen molar-refractivity contribution in [2.45, 2.75) is 6.92 Å². The average Bonchev–Trinajstić information content (AvgIpc) is 2.48. The third kappa shape index (κ3) is 5.05. The maximum Gasteiger partial charge on any atom is 0.251 e. The molecule has 2 N–H and O–H groups in total. The number of aromatic amines is 1. The molecule has 0 radical (unpaired) electrons. The average molecular weight is 340 g/mol. The number of benzene rings is 1. The first-order chi connectivity index (χ1) is 10.9. The maximum atomic E-state index is 12.0. The summed E-state index contributed by atoms with van der Waals surface area (Å²) in [6.45, 7) is 2.58. The van der Waals surface area contributed by atoms with E-state index >= 15 is 0 Å². The van der Waals surface area contributed by atoms with E-state index in [4.69, 9.17) is 9.47 Å². The van der Waals surface area contributed by atoms with Gasteiger partial charge in [-0.1, -0.05) is 0 Å². The fraction of sp³-hybridized carbons (Fsp3) is 0.400. The van der Waals surface area contributed by atoms with Crippen molar-refractivity contribution in [1.82, 2.24) is 4.98 Å². The lowest BCUT2D eigenvalue weighted by atomic mass is 10.1. The summed E-state index contributed by atoms with van der Waals surface area (Å²) in [4.78, 5) is 14.3. The van der Waals surface area contributed by atoms with Crippen LogP contribution in [0.5, 0.6) is 0 Å². The molecule has 0 atom stereocenters. The lowest BCUT2D eigenvalue weighted by Crippen LogP contribution is -2.21. The van der Waals surface area contributed by atoms with Crippen LogP contribution in [0.15, 0.2) is 29.1 Å². The molecule has 0 fully saturated rings. The molecule has 2 aromatic rings. The maximum absolute atomic E-state index is 12.0. The largest absolute Gasteiger partial charge is 0.382 e. The first-order valence-electron chi connectivity index (χ1n) is 7.12. The number of H-pyrrole nitrogens is 1. The second kappa shape index (κ2) is 7.58. The van der Waals surface area contributed by atoms with Gasteiger partial charge in [0.25, 0.3) is 5.56 Å². The summed E-state index contributed by atoms with van der Waals surface area (Å²) < 4.78 is 36.5. The normalized spacial score (nSPS) is 11.7. The molecule has 0 aliphatic rings. The Morgan fingerprint density at radius 1 is 1.17 bits per heavy atom. The standard InChI is InChI=1S/C15H20N2O5S/c1-11-9-12-10-13(3-4-14(12)16-15(11)18)17-23(19,20)8-7-22-6-5-21-2/h3-4,9-10,17H,5-8H2,1-2H3,(H,16,18). The lowest BCUT2D eigenvalue weighted by molar-refractivity contribution is 0.0785. The van der Waals surface area contributed by atoms with E-state index in [1.54, 1.807) is 38.3 Å². The van der Waals surface area contributed by atoms with Gasteiger partial charge in [0.1, 0.15) is 0 Å². The molecule has 0 aliphatic heterocycles. The first-order valence-corrected chi connectivity index (χ1v) is 8.77. The van der Waals surface area contributed by atoms with E-state index in [2.05, 4.69) is 9.71 Å². The van der Waals surface area contributed by atoms with Gasteiger partial charge in [0.15, 0.2) is 0 Å². The van der Waals surface area contributed by atoms with E-state index in [9.17, 15) is 13.2 Å². The molecular weight excluding hydrogens is 320 g/mol. The van der Waals surface area contributed by atoms with Crippen LogP contribution in [0.2, 0.25) is 0 Å². The van der Waals surface area contributed by atoms with Crippen molar-refractivity contribution in [2.75, 3.05) is 37.4 Å². The SMILES string of the molecule is COCCOCCS(=O)(=O)Nc1ccc2[nH]c(=O)c(C)cc2c1. The molecule has 1 aromatic carbocycles. The predicted octanol–water partition coefficient (Wildman–Crippen LogP) is 1.24. The molecule has 2 rings (SSSR count). The molecule has 0 saturated heterocycles. The summed E-state index contributed by atoms with van der Waals surface area (Å²) in [6, 6.07) is 6.68. The van der Waals surface area contributed by atoms with E-state index in [0.717, 1.165) is 5.39 Å². The van der Waals surface area contributed by atoms with Crippen molar-refractivity contribution < 1.29 is 17.9 Å². The Morgan fingerprint density at radius 3 is 2.70 bits per heavy atom. The van der Waals surface area contributed by atoms with Crippen LogP contribution in [-0.4, -0.2) is 46.1 Å². The number of ether oxygens (including phenoxy) is 2. The van der Waals surface area contributed by atoms with Crippen LogP contribution >= 0.6 is 0 Å². The Balaban J connectivity index is 2.05. The van der Waals surface area contributed by atoms with Gasteiger partial charge in [-0.2, -0.15) is 0 Å². The zero-order chi connectivity index (χ0) is 16.9. The van der Waals surface area contributed by atoms with Gasteiger partial charge >= 0.3 is 0 Å². The van der Waals surface area contributed by atoms with E-state index in [1.165, 1.54) is 0 Å². The minimum absolute atomic E-state index is 0.0959. The zero-order valence-electron chi connectivity index (χ0n) is 13.1. The molecule has 1 aromatic heterocycles. The highest BCUT2D eigenvalue weighted by Gasteiger charge is 2.11. The number of hydrogen-bond acceptors (Lipinski definition) is 5. The minimum atomic E-state index is -3.50. The van der Waals surface area contributed by atoms with Crippen LogP contribution < -0.4 is 10.3 Å². The molecule has 23 heavy (non-hydrogen) atoms. The molecule has 0 saturated carbocycles. The molecule has 0 unspecified atom stereocenters. The quantitative estimate of drug-likeness (QED) is 0.705. The Labute approximate surface area is 134 Å². The van der Waals surface area contributed by atoms with Crippen molar-refractivity contribution in [2.24, 2.45) is 0 Å². The van der Waals surface area contributed by atoms with Crippen LogP contribution in [0.25, 0.3) is 10.9 Å². The van der Waals surface area contributed by atoms with Gasteiger partial charge in [0.05, 0.1) is 25.6 Å². The second-order valence-corrected chi connectivity index (χ2v) is 6.95. The van der Waals surface area contributed by atoms with Gasteiger partial charge in [-0.3, -0.25) is 9.52 Å². The summed E-state index contributed by atoms with van der Waals surface area (Å²) in [5, 5.41) is 0.763. The van der Waals surface area contributed by atoms with Crippen LogP contribution in [0.1, 0.15) is 5.56 Å². The van der Waals surface area contributed by atoms with Crippen molar-refractivity contribution in [3.8, 4) is 0 Å². The Kier molecular flexibility index (Phi) is 5.75. The highest BCUT2D eigenvalue weighted by atomic mass is 32.2. The first kappa shape index (κ1) is 17.5. The molecular formula is C15H20N2O5S. The smallest absolute Gasteiger partial charge is 0.251 e. The van der Waals surface area contributed by atoms with E-state index in [0.29, 0.717) is 30.0 Å². The van der Waals surface area contributed by atoms with Crippen LogP contribution in [0, 0.1) is 6.92 Å². The van der Waals surface area contributed by atoms with Crippen molar-refractivity contribution in [3.05, 3.63) is 40.2 Å². The van der Waals surface area contributed by atoms with Crippen LogP contribution in [-0.2, 0) is 19.5 Å². The minimum Gasteiger partial charge on any atom is -0.382 e. The van der Waals surface area contributed by atoms with Gasteiger partial charge in [0.2, 0.25) is 10.0 Å². The summed E-state index contributed by atoms with van der Waals surface area (Å²) in [7, 11) is -1.94. The molecule has 0 spiro atoms. The molecule has 1 heterocycles. The zero-order valence-corrected chi connectivity index (χ0v) is 13.9. The topological polar surface area (TPSA) is 97.5 Å². The molecule has 7 nitrogen and oxygen atoms in total. The van der Waals surface area contributed by atoms with Crippen molar-refractivity contribution >= 4 is 26.6 Å². The molecule has 0 amide bonds. The van der Waals surface area contributed by atoms with Crippen molar-refractivity contribution in [1.29, 1.82) is 0 Å². The fourth-order valence-corrected chi connectivity index (χ4v) is 2.95. The molecule has 126 valence electrons. The summed E-state index contributed by atoms with van der Waals surface area (Å²) in [5.41, 5.74) is 1.52. The Hall–Kier alpha value is -1.90. The number of hydrogen-bond donors (Lipinski definition) is 2. The van der Waals surface area contributed by atoms with Crippen LogP contribution in [0.4, 0.5) is 5.69 Å². The molecule has 8 heteroatoms. The highest BCUT2D eigenvalue weighted by molar-refractivity contribution is 7.92. The van der Waals surface area contributed by atoms with Crippen LogP contribution in [0.3, 0.4) is 0 Å². The number of aryl methyl sites for hydroxylation is 1. The highest BCUT2D eigenvalue weighted by Crippen LogP contribution is 2.18. The van der Waals surface area contributed by atoms with Crippen molar-refractivity contribution in [3.63, 3.8) is 0 Å². The van der Waals surface area contributed by atoms with Gasteiger partial charge in [-0.25, -0.2) is 8.42 Å². The molecule has 0 aliphatic carbocycles. The summed E-state index contributed by atoms with van der Waals surface area (Å²) >= 11 is 0. The molecule has 0 bridgehead atoms. The monoisotopic (exact) mass is 340 g/mol. The van der Waals surface area contributed by atoms with Gasteiger partial charge < -0.3 is 14.5 Å². The Bertz CT molecular complexity index is 829. The number of sulfonamides is 1. The third-order valence-corrected chi connectivity index (χ3v) is 4.48. The van der Waals surface area contributed by atoms with E-state index in [-0.39, 0.29) is 17.9 Å². The Morgan fingerprint density at radius 2 is 1.96 bits per heavy atom. The number of pyridine rings is 1. The fourth-order valence-electron chi connectivity index (χ4n) is 2.02. The van der Waals surface area contributed by atoms with E-state index in [1.807, 2.05) is 0 Å². The number of fused-ring (bicyclic) bond motifs is 1. The summed E-state index contributed by atoms with van der Waals surface area (Å²) in [5.74, 6) is -0.139. The third-order valence-electron chi connectivity index (χ3n) is 3.23. The number of nitrogens with one attached hydrogen (secondary N) is 2. The van der Waals surface area contributed by atoms with Gasteiger partial charge in [0, 0.05) is 29.3 Å². The number of aromatic nitrogens is 1. The number of anilines is 1. The summed E-state index contributed by atoms with van der Waals surface area (Å²) in [6.07, 6.45) is 0. The lowest BCUT2D eigenvalue weighted by Gasteiger charge is -2.09.